The Hall–Kier alpha value is -0.960. The van der Waals surface area contributed by atoms with Crippen LogP contribution in [0.3, 0.4) is 0 Å². The molecule has 21 aliphatic heterocycles. The van der Waals surface area contributed by atoms with Crippen molar-refractivity contribution < 1.29 is 120 Å². The molecule has 0 aromatic heterocycles. The lowest BCUT2D eigenvalue weighted by molar-refractivity contribution is -0.270. The van der Waals surface area contributed by atoms with Gasteiger partial charge in [-0.2, -0.15) is 0 Å². The fraction of sp³-hybridized carbons (Fsp3) is 1.00. The van der Waals surface area contributed by atoms with Crippen molar-refractivity contribution >= 4 is 0 Å². The molecule has 22 rings (SSSR count). The van der Waals surface area contributed by atoms with Crippen LogP contribution in [0, 0.1) is 35.5 Å². The molecule has 22 aliphatic rings. The van der Waals surface area contributed by atoms with Gasteiger partial charge < -0.3 is 120 Å². The van der Waals surface area contributed by atoms with Gasteiger partial charge in [-0.1, -0.05) is 0 Å². The van der Waals surface area contributed by atoms with Gasteiger partial charge in [-0.15, -0.1) is 0 Å². The minimum Gasteiger partial charge on any atom is -0.394 e. The van der Waals surface area contributed by atoms with Crippen LogP contribution in [-0.2, 0) is 28.4 Å². The molecule has 24 nitrogen and oxygen atoms in total. The molecule has 18 N–H and O–H groups in total. The van der Waals surface area contributed by atoms with Crippen LogP contribution in [0.4, 0.5) is 0 Å². The van der Waals surface area contributed by atoms with E-state index in [1.54, 1.807) is 0 Å². The van der Waals surface area contributed by atoms with E-state index in [1.807, 2.05) is 0 Å². The van der Waals surface area contributed by atoms with Gasteiger partial charge in [0.2, 0.25) is 0 Å². The fourth-order valence-electron chi connectivity index (χ4n) is 12.2. The predicted molar refractivity (Wildman–Crippen MR) is 215 cm³/mol. The van der Waals surface area contributed by atoms with Crippen molar-refractivity contribution in [3.8, 4) is 0 Å². The molecule has 21 saturated heterocycles. The summed E-state index contributed by atoms with van der Waals surface area (Å²) < 4.78 is 36.3. The summed E-state index contributed by atoms with van der Waals surface area (Å²) in [5.74, 6) is -6.97. The van der Waals surface area contributed by atoms with E-state index in [2.05, 4.69) is 0 Å². The molecule has 30 atom stereocenters. The lowest BCUT2D eigenvalue weighted by atomic mass is 9.73. The second-order valence-electron chi connectivity index (χ2n) is 19.7. The number of aliphatic hydroxyl groups is 18. The van der Waals surface area contributed by atoms with Crippen molar-refractivity contribution in [1.29, 1.82) is 0 Å². The van der Waals surface area contributed by atoms with Crippen molar-refractivity contribution in [3.63, 3.8) is 0 Å². The number of hydrogen-bond acceptors (Lipinski definition) is 24. The van der Waals surface area contributed by atoms with Crippen LogP contribution >= 0.6 is 0 Å². The summed E-state index contributed by atoms with van der Waals surface area (Å²) in [6.45, 7) is -4.38. The Morgan fingerprint density at radius 1 is 0.212 bits per heavy atom. The maximum Gasteiger partial charge on any atom is 0.106 e. The molecule has 24 heteroatoms. The smallest absolute Gasteiger partial charge is 0.106 e. The van der Waals surface area contributed by atoms with Crippen molar-refractivity contribution in [3.05, 3.63) is 0 Å². The van der Waals surface area contributed by atoms with E-state index >= 15 is 0 Å². The first-order valence-electron chi connectivity index (χ1n) is 23.2. The zero-order valence-corrected chi connectivity index (χ0v) is 36.3. The first kappa shape index (κ1) is 52.9. The third-order valence-electron chi connectivity index (χ3n) is 16.1. The zero-order chi connectivity index (χ0) is 48.0. The Morgan fingerprint density at radius 3 is 0.439 bits per heavy atom. The summed E-state index contributed by atoms with van der Waals surface area (Å²) in [5, 5.41) is 200. The third-order valence-corrected chi connectivity index (χ3v) is 16.1. The number of aliphatic hydroxyl groups excluding tert-OH is 18. The van der Waals surface area contributed by atoms with Gasteiger partial charge in [0.25, 0.3) is 0 Å². The van der Waals surface area contributed by atoms with Crippen LogP contribution in [0.5, 0.6) is 0 Å². The molecular weight excluding hydrogens is 888 g/mol. The Balaban J connectivity index is 1.19. The average molecular weight is 961 g/mol. The van der Waals surface area contributed by atoms with Crippen LogP contribution in [0.15, 0.2) is 0 Å². The molecule has 0 spiro atoms. The van der Waals surface area contributed by atoms with E-state index in [9.17, 15) is 91.9 Å². The quantitative estimate of drug-likeness (QED) is 0.118. The molecule has 384 valence electrons. The van der Waals surface area contributed by atoms with E-state index in [-0.39, 0.29) is 38.5 Å². The minimum absolute atomic E-state index is 0.343. The maximum absolute atomic E-state index is 11.5. The van der Waals surface area contributed by atoms with Crippen molar-refractivity contribution in [2.24, 2.45) is 35.5 Å². The van der Waals surface area contributed by atoms with Crippen molar-refractivity contribution in [2.75, 3.05) is 39.6 Å². The van der Waals surface area contributed by atoms with Gasteiger partial charge in [0.05, 0.1) is 150 Å². The zero-order valence-electron chi connectivity index (χ0n) is 36.3. The van der Waals surface area contributed by atoms with Crippen LogP contribution in [0.1, 0.15) is 38.5 Å². The molecule has 0 aromatic rings. The first-order valence-corrected chi connectivity index (χ1v) is 23.2. The predicted octanol–water partition coefficient (Wildman–Crippen LogP) is -9.07. The van der Waals surface area contributed by atoms with Crippen LogP contribution in [-0.4, -0.2) is 278 Å². The summed E-state index contributed by atoms with van der Waals surface area (Å²) in [5.41, 5.74) is 0. The second-order valence-corrected chi connectivity index (χ2v) is 19.7. The molecule has 0 radical (unpaired) electrons. The Labute approximate surface area is 380 Å². The number of ether oxygens (including phenoxy) is 6. The van der Waals surface area contributed by atoms with Crippen LogP contribution in [0.25, 0.3) is 0 Å². The van der Waals surface area contributed by atoms with Crippen molar-refractivity contribution in [1.82, 2.24) is 0 Å². The van der Waals surface area contributed by atoms with E-state index in [1.165, 1.54) is 0 Å². The van der Waals surface area contributed by atoms with Gasteiger partial charge in [-0.25, -0.2) is 0 Å². The molecule has 12 bridgehead atoms. The van der Waals surface area contributed by atoms with Gasteiger partial charge in [0.1, 0.15) is 36.6 Å². The average Bonchev–Trinajstić information content (AvgIpc) is 3.31. The molecule has 6 unspecified atom stereocenters. The topological polar surface area (TPSA) is 420 Å². The highest BCUT2D eigenvalue weighted by atomic mass is 16.6. The Bertz CT molecular complexity index is 1230. The Kier molecular flexibility index (Phi) is 17.8. The first-order chi connectivity index (χ1) is 31.4. The molecule has 1 aliphatic carbocycles. The monoisotopic (exact) mass is 960 g/mol. The SMILES string of the molecule is OC[C@H]1OC2C[C@H]3[C@H](O)[C@@H](O)C(C[C@H]4[C@H](O)[C@@H](O)C(C[C@H]5[C@H](O)[C@@H](O)C(C[C@H]6[C@H](O)[C@@H](O)C(C[C@H]7[C@H](O)[C@@H](O)C(C[C@H]1[C@H](O)[C@H]2O)O[C@@H]7CO)O[C@@H]6CO)O[C@@H]5CO)O[C@@H]4CO)O[C@@H]3CO. The Morgan fingerprint density at radius 2 is 0.333 bits per heavy atom. The largest absolute Gasteiger partial charge is 0.394 e. The summed E-state index contributed by atoms with van der Waals surface area (Å²) in [6.07, 6.45) is -38.0. The minimum atomic E-state index is -1.72. The summed E-state index contributed by atoms with van der Waals surface area (Å²) in [4.78, 5) is 0. The van der Waals surface area contributed by atoms with Gasteiger partial charge >= 0.3 is 0 Å². The standard InChI is InChI=1S/C42H72O24/c43-7-25-13-1-19-37(55)32(50)14(26(8-44)61-19)2-21-39(57)34(52)16(28(10-46)63-21)4-23-41(59)36(54)18(30(12-48)65-23)6-24-42(60)35(53)17(29(11-47)66-24)5-22-40(58)33(51)15(27(9-45)64-22)3-20(62-25)38(56)31(13)49/h13-60H,1-12H2/t13-,14-,15-,16-,17-,18-,19?,20?,21?,22?,23?,24?,25-,26-,27-,28-,29-,30-,31+,32+,33+,34+,35+,36+,37+,38+,39+,40+,41+,42+/m1/s1. The van der Waals surface area contributed by atoms with E-state index < -0.39 is 222 Å². The summed E-state index contributed by atoms with van der Waals surface area (Å²) in [6, 6.07) is 0. The molecule has 1 saturated carbocycles. The lowest BCUT2D eigenvalue weighted by Crippen LogP contribution is -2.64. The van der Waals surface area contributed by atoms with E-state index in [0.717, 1.165) is 0 Å². The second kappa shape index (κ2) is 22.2. The molecule has 21 heterocycles. The molecule has 66 heavy (non-hydrogen) atoms. The molecule has 0 amide bonds. The number of rotatable bonds is 6. The lowest BCUT2D eigenvalue weighted by Gasteiger charge is -2.51. The normalized spacial score (nSPS) is 55.4. The van der Waals surface area contributed by atoms with Crippen molar-refractivity contribution in [2.45, 2.75) is 185 Å². The molecular formula is C42H72O24. The van der Waals surface area contributed by atoms with Gasteiger partial charge in [-0.05, 0) is 38.5 Å². The highest BCUT2D eigenvalue weighted by Gasteiger charge is 2.57. The maximum atomic E-state index is 11.5. The molecule has 22 fully saturated rings. The highest BCUT2D eigenvalue weighted by Crippen LogP contribution is 2.44. The fourth-order valence-corrected chi connectivity index (χ4v) is 12.2. The van der Waals surface area contributed by atoms with Gasteiger partial charge in [-0.3, -0.25) is 0 Å². The van der Waals surface area contributed by atoms with Crippen LogP contribution in [0.2, 0.25) is 0 Å². The van der Waals surface area contributed by atoms with Gasteiger partial charge in [0.15, 0.2) is 0 Å². The van der Waals surface area contributed by atoms with E-state index in [0.29, 0.717) is 0 Å². The highest BCUT2D eigenvalue weighted by molar-refractivity contribution is 5.05. The summed E-state index contributed by atoms with van der Waals surface area (Å²) in [7, 11) is 0. The summed E-state index contributed by atoms with van der Waals surface area (Å²) >= 11 is 0. The van der Waals surface area contributed by atoms with Gasteiger partial charge in [0, 0.05) is 35.5 Å². The van der Waals surface area contributed by atoms with E-state index in [4.69, 9.17) is 28.4 Å². The van der Waals surface area contributed by atoms with Crippen LogP contribution < -0.4 is 0 Å². The third kappa shape index (κ3) is 10.1. The molecule has 0 aromatic carbocycles. The number of hydrogen-bond donors (Lipinski definition) is 18.